The van der Waals surface area contributed by atoms with Crippen molar-refractivity contribution in [1.82, 2.24) is 9.88 Å². The van der Waals surface area contributed by atoms with Gasteiger partial charge in [0.15, 0.2) is 0 Å². The zero-order chi connectivity index (χ0) is 17.4. The van der Waals surface area contributed by atoms with Crippen LogP contribution in [0.1, 0.15) is 36.3 Å². The summed E-state index contributed by atoms with van der Waals surface area (Å²) in [5.74, 6) is 1.80. The van der Waals surface area contributed by atoms with E-state index >= 15 is 0 Å². The molecule has 2 aromatic heterocycles. The second-order valence-corrected chi connectivity index (χ2v) is 9.00. The molecule has 2 aromatic rings. The molecule has 25 heavy (non-hydrogen) atoms. The summed E-state index contributed by atoms with van der Waals surface area (Å²) >= 11 is 1.75. The van der Waals surface area contributed by atoms with Crippen molar-refractivity contribution >= 4 is 11.3 Å². The first-order chi connectivity index (χ1) is 12.0. The number of pyridine rings is 1. The van der Waals surface area contributed by atoms with Crippen LogP contribution in [-0.2, 0) is 6.42 Å². The van der Waals surface area contributed by atoms with Crippen LogP contribution in [0.25, 0.3) is 0 Å². The SMILES string of the molecule is CC(CN1C[C@@H]2C[C@@](O)(Cc3cccs3)C[C@@H]2C1)c1ccc(O)cn1. The van der Waals surface area contributed by atoms with Gasteiger partial charge in [-0.1, -0.05) is 13.0 Å². The van der Waals surface area contributed by atoms with Crippen LogP contribution in [0.2, 0.25) is 0 Å². The molecule has 1 unspecified atom stereocenters. The fourth-order valence-electron chi connectivity index (χ4n) is 4.76. The fourth-order valence-corrected chi connectivity index (χ4v) is 5.60. The van der Waals surface area contributed by atoms with Gasteiger partial charge in [0.25, 0.3) is 0 Å². The van der Waals surface area contributed by atoms with Crippen molar-refractivity contribution in [2.75, 3.05) is 19.6 Å². The largest absolute Gasteiger partial charge is 0.506 e. The molecule has 134 valence electrons. The van der Waals surface area contributed by atoms with Crippen LogP contribution in [0, 0.1) is 11.8 Å². The summed E-state index contributed by atoms with van der Waals surface area (Å²) in [5, 5.41) is 22.5. The van der Waals surface area contributed by atoms with Gasteiger partial charge in [0, 0.05) is 42.5 Å². The molecule has 2 fully saturated rings. The number of thiophene rings is 1. The summed E-state index contributed by atoms with van der Waals surface area (Å²) in [5.41, 5.74) is 0.528. The number of fused-ring (bicyclic) bond motifs is 1. The number of likely N-dealkylation sites (tertiary alicyclic amines) is 1. The average molecular weight is 359 g/mol. The average Bonchev–Trinajstić information content (AvgIpc) is 3.24. The third-order valence-corrected chi connectivity index (χ3v) is 6.70. The number of hydrogen-bond acceptors (Lipinski definition) is 5. The molecular formula is C20H26N2O2S. The molecule has 1 saturated heterocycles. The lowest BCUT2D eigenvalue weighted by atomic mass is 9.94. The first-order valence-electron chi connectivity index (χ1n) is 9.13. The molecule has 0 aromatic carbocycles. The fraction of sp³-hybridized carbons (Fsp3) is 0.550. The second-order valence-electron chi connectivity index (χ2n) is 7.97. The quantitative estimate of drug-likeness (QED) is 0.861. The van der Waals surface area contributed by atoms with Gasteiger partial charge in [-0.3, -0.25) is 4.98 Å². The van der Waals surface area contributed by atoms with Crippen LogP contribution in [0.15, 0.2) is 35.8 Å². The summed E-state index contributed by atoms with van der Waals surface area (Å²) in [6.45, 7) is 5.36. The van der Waals surface area contributed by atoms with Crippen LogP contribution in [0.5, 0.6) is 5.75 Å². The Kier molecular flexibility index (Phi) is 4.56. The highest BCUT2D eigenvalue weighted by Crippen LogP contribution is 2.45. The Morgan fingerprint density at radius 2 is 2.04 bits per heavy atom. The third-order valence-electron chi connectivity index (χ3n) is 5.83. The van der Waals surface area contributed by atoms with Crippen molar-refractivity contribution in [3.05, 3.63) is 46.4 Å². The predicted octanol–water partition coefficient (Wildman–Crippen LogP) is 3.27. The highest BCUT2D eigenvalue weighted by Gasteiger charge is 2.48. The Morgan fingerprint density at radius 3 is 2.64 bits per heavy atom. The monoisotopic (exact) mass is 358 g/mol. The molecule has 1 saturated carbocycles. The maximum atomic E-state index is 11.0. The van der Waals surface area contributed by atoms with E-state index in [9.17, 15) is 10.2 Å². The minimum absolute atomic E-state index is 0.219. The first kappa shape index (κ1) is 17.0. The lowest BCUT2D eigenvalue weighted by molar-refractivity contribution is 0.0360. The molecule has 5 heteroatoms. The van der Waals surface area contributed by atoms with Crippen LogP contribution < -0.4 is 0 Å². The molecule has 0 bridgehead atoms. The van der Waals surface area contributed by atoms with Gasteiger partial charge in [0.1, 0.15) is 5.75 Å². The molecule has 2 aliphatic rings. The molecule has 4 nitrogen and oxygen atoms in total. The van der Waals surface area contributed by atoms with Crippen molar-refractivity contribution in [2.45, 2.75) is 37.7 Å². The van der Waals surface area contributed by atoms with Crippen molar-refractivity contribution in [1.29, 1.82) is 0 Å². The minimum atomic E-state index is -0.504. The smallest absolute Gasteiger partial charge is 0.133 e. The van der Waals surface area contributed by atoms with Crippen molar-refractivity contribution in [2.24, 2.45) is 11.8 Å². The van der Waals surface area contributed by atoms with Crippen LogP contribution in [0.4, 0.5) is 0 Å². The van der Waals surface area contributed by atoms with E-state index in [1.54, 1.807) is 17.4 Å². The maximum absolute atomic E-state index is 11.0. The summed E-state index contributed by atoms with van der Waals surface area (Å²) in [7, 11) is 0. The Morgan fingerprint density at radius 1 is 1.28 bits per heavy atom. The number of hydrogen-bond donors (Lipinski definition) is 2. The Balaban J connectivity index is 1.32. The van der Waals surface area contributed by atoms with Crippen LogP contribution >= 0.6 is 11.3 Å². The molecule has 0 spiro atoms. The minimum Gasteiger partial charge on any atom is -0.506 e. The molecule has 2 N–H and O–H groups in total. The van der Waals surface area contributed by atoms with Gasteiger partial charge in [-0.25, -0.2) is 0 Å². The normalized spacial score (nSPS) is 30.5. The zero-order valence-corrected chi connectivity index (χ0v) is 15.5. The Labute approximate surface area is 153 Å². The van der Waals surface area contributed by atoms with Gasteiger partial charge in [0.05, 0.1) is 11.8 Å². The van der Waals surface area contributed by atoms with E-state index in [0.717, 1.165) is 44.6 Å². The van der Waals surface area contributed by atoms with E-state index in [2.05, 4.69) is 34.3 Å². The predicted molar refractivity (Wildman–Crippen MR) is 99.9 cm³/mol. The maximum Gasteiger partial charge on any atom is 0.133 e. The number of aliphatic hydroxyl groups is 1. The summed E-state index contributed by atoms with van der Waals surface area (Å²) in [6.07, 6.45) is 4.19. The Hall–Kier alpha value is -1.43. The zero-order valence-electron chi connectivity index (χ0n) is 14.6. The number of aromatic nitrogens is 1. The molecule has 4 rings (SSSR count). The van der Waals surface area contributed by atoms with Crippen molar-refractivity contribution in [3.8, 4) is 5.75 Å². The lowest BCUT2D eigenvalue weighted by Crippen LogP contribution is -2.33. The van der Waals surface area contributed by atoms with Crippen molar-refractivity contribution < 1.29 is 10.2 Å². The van der Waals surface area contributed by atoms with Gasteiger partial charge in [0.2, 0.25) is 0 Å². The van der Waals surface area contributed by atoms with E-state index in [-0.39, 0.29) is 5.75 Å². The Bertz CT molecular complexity index is 687. The molecule has 1 aliphatic carbocycles. The van der Waals surface area contributed by atoms with E-state index in [1.807, 2.05) is 6.07 Å². The molecule has 1 aliphatic heterocycles. The standard InChI is InChI=1S/C20H26N2O2S/c1-14(19-5-4-17(23)10-21-19)11-22-12-15-7-20(24,8-16(15)13-22)9-18-3-2-6-25-18/h2-6,10,14-16,23-24H,7-9,11-13H2,1H3/t14?,15-,16+,20-. The van der Waals surface area contributed by atoms with Gasteiger partial charge in [-0.15, -0.1) is 11.3 Å². The summed E-state index contributed by atoms with van der Waals surface area (Å²) in [4.78, 5) is 8.17. The van der Waals surface area contributed by atoms with Gasteiger partial charge in [-0.05, 0) is 48.3 Å². The molecule has 0 radical (unpaired) electrons. The van der Waals surface area contributed by atoms with Crippen LogP contribution in [0.3, 0.4) is 0 Å². The molecular weight excluding hydrogens is 332 g/mol. The molecule has 0 amide bonds. The topological polar surface area (TPSA) is 56.6 Å². The molecule has 3 heterocycles. The molecule has 4 atom stereocenters. The van der Waals surface area contributed by atoms with Crippen molar-refractivity contribution in [3.63, 3.8) is 0 Å². The van der Waals surface area contributed by atoms with Gasteiger partial charge in [-0.2, -0.15) is 0 Å². The van der Waals surface area contributed by atoms with E-state index in [4.69, 9.17) is 0 Å². The summed E-state index contributed by atoms with van der Waals surface area (Å²) < 4.78 is 0. The highest BCUT2D eigenvalue weighted by atomic mass is 32.1. The highest BCUT2D eigenvalue weighted by molar-refractivity contribution is 7.09. The number of rotatable bonds is 5. The second kappa shape index (κ2) is 6.71. The summed E-state index contributed by atoms with van der Waals surface area (Å²) in [6, 6.07) is 7.83. The van der Waals surface area contributed by atoms with Gasteiger partial charge >= 0.3 is 0 Å². The first-order valence-corrected chi connectivity index (χ1v) is 10.0. The third kappa shape index (κ3) is 3.73. The number of aromatic hydroxyl groups is 1. The number of nitrogens with zero attached hydrogens (tertiary/aromatic N) is 2. The lowest BCUT2D eigenvalue weighted by Gasteiger charge is -2.26. The van der Waals surface area contributed by atoms with E-state index in [1.165, 1.54) is 11.1 Å². The van der Waals surface area contributed by atoms with E-state index < -0.39 is 5.60 Å². The van der Waals surface area contributed by atoms with Gasteiger partial charge < -0.3 is 15.1 Å². The van der Waals surface area contributed by atoms with Crippen LogP contribution in [-0.4, -0.2) is 45.3 Å². The van der Waals surface area contributed by atoms with E-state index in [0.29, 0.717) is 17.8 Å².